The molecule has 252 valence electrons. The van der Waals surface area contributed by atoms with Crippen LogP contribution in [0.3, 0.4) is 0 Å². The fourth-order valence-electron chi connectivity index (χ4n) is 3.02. The zero-order valence-corrected chi connectivity index (χ0v) is 32.4. The Morgan fingerprint density at radius 2 is 0.667 bits per heavy atom. The number of hydrogen-bond donors (Lipinski definition) is 0. The molecule has 7 atom stereocenters. The highest BCUT2D eigenvalue weighted by Gasteiger charge is 2.57. The van der Waals surface area contributed by atoms with E-state index in [-0.39, 0.29) is 46.4 Å². The van der Waals surface area contributed by atoms with Crippen molar-refractivity contribution in [2.45, 2.75) is 184 Å². The molecule has 0 N–H and O–H groups in total. The van der Waals surface area contributed by atoms with Gasteiger partial charge in [-0.1, -0.05) is 61.8 Å². The Morgan fingerprint density at radius 3 is 0.881 bits per heavy atom. The highest BCUT2D eigenvalue weighted by atomic mass is 28.4. The van der Waals surface area contributed by atoms with E-state index in [0.717, 1.165) is 44.9 Å². The maximum atomic E-state index is 6.80. The SMILES string of the molecule is CCC(C)CO[Si]C(O[Si](OC(C)CC)(OC(C)CC)OC(C)CC)O[Si](OC(C)CC)(OC(C)CC)OC(C)CC. The van der Waals surface area contributed by atoms with Gasteiger partial charge in [-0.3, -0.25) is 0 Å². The molecule has 0 heterocycles. The van der Waals surface area contributed by atoms with Gasteiger partial charge in [0.15, 0.2) is 5.91 Å². The van der Waals surface area contributed by atoms with E-state index in [9.17, 15) is 0 Å². The molecule has 0 aliphatic rings. The van der Waals surface area contributed by atoms with Crippen molar-refractivity contribution in [2.24, 2.45) is 5.92 Å². The summed E-state index contributed by atoms with van der Waals surface area (Å²) in [5.41, 5.74) is 0. The molecule has 9 nitrogen and oxygen atoms in total. The Balaban J connectivity index is 6.88. The van der Waals surface area contributed by atoms with E-state index in [1.54, 1.807) is 0 Å². The van der Waals surface area contributed by atoms with E-state index >= 15 is 0 Å². The maximum absolute atomic E-state index is 6.80. The first-order valence-corrected chi connectivity index (χ1v) is 20.8. The van der Waals surface area contributed by atoms with Crippen molar-refractivity contribution in [1.29, 1.82) is 0 Å². The van der Waals surface area contributed by atoms with Gasteiger partial charge in [0.2, 0.25) is 0 Å². The molecule has 7 unspecified atom stereocenters. The molecular weight excluding hydrogens is 589 g/mol. The van der Waals surface area contributed by atoms with Gasteiger partial charge in [0.05, 0.1) is 0 Å². The third-order valence-corrected chi connectivity index (χ3v) is 13.7. The zero-order valence-electron chi connectivity index (χ0n) is 29.4. The van der Waals surface area contributed by atoms with Crippen molar-refractivity contribution in [1.82, 2.24) is 0 Å². The summed E-state index contributed by atoms with van der Waals surface area (Å²) in [7, 11) is -7.77. The Labute approximate surface area is 264 Å². The smallest absolute Gasteiger partial charge is 0.412 e. The Kier molecular flexibility index (Phi) is 22.9. The number of rotatable bonds is 27. The van der Waals surface area contributed by atoms with Gasteiger partial charge >= 0.3 is 18.1 Å². The van der Waals surface area contributed by atoms with Crippen LogP contribution in [-0.2, 0) is 39.8 Å². The van der Waals surface area contributed by atoms with Gasteiger partial charge in [-0.05, 0) is 86.0 Å². The summed E-state index contributed by atoms with van der Waals surface area (Å²) in [6, 6.07) is 0. The van der Waals surface area contributed by atoms with E-state index in [4.69, 9.17) is 39.8 Å². The molecule has 0 saturated heterocycles. The molecule has 0 aliphatic carbocycles. The summed E-state index contributed by atoms with van der Waals surface area (Å²) < 4.78 is 59.2. The van der Waals surface area contributed by atoms with Crippen molar-refractivity contribution in [3.05, 3.63) is 0 Å². The lowest BCUT2D eigenvalue weighted by atomic mass is 10.1. The van der Waals surface area contributed by atoms with Crippen molar-refractivity contribution in [2.75, 3.05) is 6.61 Å². The average Bonchev–Trinajstić information content (AvgIpc) is 2.95. The Morgan fingerprint density at radius 1 is 0.405 bits per heavy atom. The largest absolute Gasteiger partial charge is 0.682 e. The van der Waals surface area contributed by atoms with E-state index in [1.165, 1.54) is 0 Å². The minimum absolute atomic E-state index is 0.152. The van der Waals surface area contributed by atoms with Crippen LogP contribution in [0.2, 0.25) is 0 Å². The van der Waals surface area contributed by atoms with Crippen LogP contribution in [-0.4, -0.2) is 77.0 Å². The fourth-order valence-corrected chi connectivity index (χ4v) is 10.1. The van der Waals surface area contributed by atoms with Crippen molar-refractivity contribution in [3.63, 3.8) is 0 Å². The van der Waals surface area contributed by atoms with E-state index < -0.39 is 24.0 Å². The van der Waals surface area contributed by atoms with Gasteiger partial charge in [0, 0.05) is 43.2 Å². The summed E-state index contributed by atoms with van der Waals surface area (Å²) in [5.74, 6) is -0.558. The molecule has 0 aliphatic heterocycles. The van der Waals surface area contributed by atoms with Crippen LogP contribution < -0.4 is 0 Å². The third kappa shape index (κ3) is 17.1. The molecule has 0 saturated carbocycles. The van der Waals surface area contributed by atoms with Crippen LogP contribution in [0, 0.1) is 5.92 Å². The highest BCUT2D eigenvalue weighted by molar-refractivity contribution is 6.56. The minimum atomic E-state index is -3.78. The van der Waals surface area contributed by atoms with Gasteiger partial charge in [0.25, 0.3) is 9.76 Å². The fraction of sp³-hybridized carbons (Fsp3) is 1.00. The van der Waals surface area contributed by atoms with Gasteiger partial charge < -0.3 is 39.8 Å². The van der Waals surface area contributed by atoms with Crippen LogP contribution >= 0.6 is 0 Å². The maximum Gasteiger partial charge on any atom is 0.682 e. The van der Waals surface area contributed by atoms with Gasteiger partial charge in [0.1, 0.15) is 0 Å². The first kappa shape index (κ1) is 42.3. The lowest BCUT2D eigenvalue weighted by Crippen LogP contribution is -2.61. The number of hydrogen-bond acceptors (Lipinski definition) is 9. The topological polar surface area (TPSA) is 83.1 Å². The molecule has 0 amide bonds. The standard InChI is InChI=1S/C30H66O9Si3/c1-15-23(8)22-31-40-30(38-41(32-24(9)16-2,33-25(10)17-3)34-26(11)18-4)39-42(35-27(12)19-5,36-28(13)20-6)37-29(14)21-7/h23-30H,15-22H2,1-14H3. The van der Waals surface area contributed by atoms with Crippen LogP contribution in [0.1, 0.15) is 142 Å². The van der Waals surface area contributed by atoms with Crippen LogP contribution in [0.25, 0.3) is 0 Å². The summed E-state index contributed by atoms with van der Waals surface area (Å²) in [6.45, 7) is 29.3. The molecule has 42 heavy (non-hydrogen) atoms. The molecule has 0 bridgehead atoms. The lowest BCUT2D eigenvalue weighted by molar-refractivity contribution is -0.159. The van der Waals surface area contributed by atoms with Crippen LogP contribution in [0.5, 0.6) is 0 Å². The molecule has 0 aromatic heterocycles. The molecule has 0 aromatic carbocycles. The summed E-state index contributed by atoms with van der Waals surface area (Å²) in [5, 5.41) is 0. The predicted molar refractivity (Wildman–Crippen MR) is 174 cm³/mol. The Bertz CT molecular complexity index is 555. The first-order valence-electron chi connectivity index (χ1n) is 16.6. The molecular formula is C30H66O9Si3. The highest BCUT2D eigenvalue weighted by Crippen LogP contribution is 2.28. The van der Waals surface area contributed by atoms with E-state index in [1.807, 2.05) is 41.5 Å². The second-order valence-electron chi connectivity index (χ2n) is 11.5. The monoisotopic (exact) mass is 654 g/mol. The van der Waals surface area contributed by atoms with Crippen LogP contribution in [0.4, 0.5) is 0 Å². The quantitative estimate of drug-likeness (QED) is 0.0652. The first-order chi connectivity index (χ1) is 19.8. The zero-order chi connectivity index (χ0) is 32.3. The van der Waals surface area contributed by atoms with Crippen molar-refractivity contribution < 1.29 is 39.8 Å². The molecule has 0 aromatic rings. The molecule has 0 spiro atoms. The Hall–Kier alpha value is 0.291. The van der Waals surface area contributed by atoms with Crippen LogP contribution in [0.15, 0.2) is 0 Å². The summed E-state index contributed by atoms with van der Waals surface area (Å²) >= 11 is 0. The summed E-state index contributed by atoms with van der Waals surface area (Å²) in [4.78, 5) is 0. The van der Waals surface area contributed by atoms with Gasteiger partial charge in [-0.2, -0.15) is 0 Å². The molecule has 0 rings (SSSR count). The predicted octanol–water partition coefficient (Wildman–Crippen LogP) is 7.75. The van der Waals surface area contributed by atoms with Crippen molar-refractivity contribution >= 4 is 27.9 Å². The second kappa shape index (κ2) is 22.7. The third-order valence-electron chi connectivity index (χ3n) is 7.27. The van der Waals surface area contributed by atoms with Gasteiger partial charge in [-0.25, -0.2) is 0 Å². The molecule has 0 fully saturated rings. The second-order valence-corrected chi connectivity index (χ2v) is 16.4. The van der Waals surface area contributed by atoms with E-state index in [0.29, 0.717) is 12.5 Å². The minimum Gasteiger partial charge on any atom is -0.412 e. The molecule has 2 radical (unpaired) electrons. The van der Waals surface area contributed by atoms with Gasteiger partial charge in [-0.15, -0.1) is 0 Å². The summed E-state index contributed by atoms with van der Waals surface area (Å²) in [6.07, 6.45) is 4.73. The average molecular weight is 655 g/mol. The normalized spacial score (nSPS) is 21.0. The molecule has 12 heteroatoms. The lowest BCUT2D eigenvalue weighted by Gasteiger charge is -2.39. The van der Waals surface area contributed by atoms with E-state index in [2.05, 4.69) is 55.4 Å². The van der Waals surface area contributed by atoms with Crippen molar-refractivity contribution in [3.8, 4) is 0 Å².